The van der Waals surface area contributed by atoms with Crippen LogP contribution in [0.2, 0.25) is 0 Å². The molecular formula is C34H41F3O2. The topological polar surface area (TPSA) is 18.5 Å². The van der Waals surface area contributed by atoms with Crippen molar-refractivity contribution in [3.63, 3.8) is 0 Å². The van der Waals surface area contributed by atoms with Crippen LogP contribution >= 0.6 is 0 Å². The lowest BCUT2D eigenvalue weighted by Gasteiger charge is -2.27. The molecule has 3 aromatic rings. The minimum absolute atomic E-state index is 0.0892. The van der Waals surface area contributed by atoms with Crippen molar-refractivity contribution in [2.45, 2.75) is 90.6 Å². The van der Waals surface area contributed by atoms with Crippen molar-refractivity contribution >= 4 is 0 Å². The van der Waals surface area contributed by atoms with Crippen molar-refractivity contribution in [3.8, 4) is 22.6 Å². The van der Waals surface area contributed by atoms with Crippen molar-refractivity contribution in [3.05, 3.63) is 83.2 Å². The van der Waals surface area contributed by atoms with Crippen LogP contribution in [-0.4, -0.2) is 6.61 Å². The second kappa shape index (κ2) is 14.4. The van der Waals surface area contributed by atoms with Gasteiger partial charge in [0.25, 0.3) is 0 Å². The molecule has 210 valence electrons. The maximum Gasteiger partial charge on any atom is 0.166 e. The molecule has 3 aromatic carbocycles. The van der Waals surface area contributed by atoms with Gasteiger partial charge in [0.15, 0.2) is 23.2 Å². The second-order valence-electron chi connectivity index (χ2n) is 11.0. The zero-order valence-corrected chi connectivity index (χ0v) is 23.3. The van der Waals surface area contributed by atoms with E-state index in [1.165, 1.54) is 31.7 Å². The van der Waals surface area contributed by atoms with E-state index >= 15 is 4.39 Å². The van der Waals surface area contributed by atoms with Gasteiger partial charge in [-0.15, -0.1) is 0 Å². The van der Waals surface area contributed by atoms with Gasteiger partial charge in [0.05, 0.1) is 6.61 Å². The van der Waals surface area contributed by atoms with E-state index in [-0.39, 0.29) is 23.8 Å². The van der Waals surface area contributed by atoms with Crippen LogP contribution < -0.4 is 9.47 Å². The van der Waals surface area contributed by atoms with Crippen molar-refractivity contribution in [2.75, 3.05) is 6.61 Å². The monoisotopic (exact) mass is 538 g/mol. The summed E-state index contributed by atoms with van der Waals surface area (Å²) in [7, 11) is 0. The average Bonchev–Trinajstić information content (AvgIpc) is 2.95. The highest BCUT2D eigenvalue weighted by atomic mass is 19.2. The van der Waals surface area contributed by atoms with E-state index in [9.17, 15) is 8.78 Å². The fraction of sp³-hybridized carbons (Fsp3) is 0.471. The van der Waals surface area contributed by atoms with Gasteiger partial charge in [-0.1, -0.05) is 89.1 Å². The molecule has 39 heavy (non-hydrogen) atoms. The Morgan fingerprint density at radius 1 is 0.744 bits per heavy atom. The summed E-state index contributed by atoms with van der Waals surface area (Å²) in [4.78, 5) is 0. The van der Waals surface area contributed by atoms with Crippen molar-refractivity contribution in [1.82, 2.24) is 0 Å². The van der Waals surface area contributed by atoms with E-state index < -0.39 is 17.5 Å². The first kappa shape index (κ1) is 29.0. The zero-order chi connectivity index (χ0) is 27.6. The molecule has 5 heteroatoms. The van der Waals surface area contributed by atoms with Gasteiger partial charge in [0.2, 0.25) is 0 Å². The van der Waals surface area contributed by atoms with E-state index in [0.717, 1.165) is 38.5 Å². The molecule has 1 aliphatic carbocycles. The Bertz CT molecular complexity index is 1180. The second-order valence-corrected chi connectivity index (χ2v) is 11.0. The lowest BCUT2D eigenvalue weighted by molar-refractivity contribution is 0.287. The minimum atomic E-state index is -0.797. The third-order valence-electron chi connectivity index (χ3n) is 7.89. The van der Waals surface area contributed by atoms with Crippen molar-refractivity contribution in [2.24, 2.45) is 5.92 Å². The van der Waals surface area contributed by atoms with Gasteiger partial charge in [-0.05, 0) is 72.1 Å². The first-order valence-corrected chi connectivity index (χ1v) is 14.6. The zero-order valence-electron chi connectivity index (χ0n) is 23.3. The van der Waals surface area contributed by atoms with Crippen LogP contribution in [0.4, 0.5) is 13.2 Å². The molecule has 2 nitrogen and oxygen atoms in total. The number of halogens is 3. The SMILES string of the molecule is CCCCCCCCOc1ccc(COc2ccc(-c3ccc(C4CCC(C)CC4)c(F)c3F)cc2)cc1F. The van der Waals surface area contributed by atoms with E-state index in [1.807, 2.05) is 0 Å². The Hall–Kier alpha value is -2.95. The summed E-state index contributed by atoms with van der Waals surface area (Å²) >= 11 is 0. The smallest absolute Gasteiger partial charge is 0.166 e. The molecule has 0 unspecified atom stereocenters. The summed E-state index contributed by atoms with van der Waals surface area (Å²) in [6, 6.07) is 15.2. The molecule has 0 heterocycles. The molecule has 1 fully saturated rings. The summed E-state index contributed by atoms with van der Waals surface area (Å²) in [6.45, 7) is 5.11. The predicted octanol–water partition coefficient (Wildman–Crippen LogP) is 10.4. The van der Waals surface area contributed by atoms with Crippen LogP contribution in [0.5, 0.6) is 11.5 Å². The van der Waals surface area contributed by atoms with Gasteiger partial charge < -0.3 is 9.47 Å². The minimum Gasteiger partial charge on any atom is -0.491 e. The third-order valence-corrected chi connectivity index (χ3v) is 7.89. The Morgan fingerprint density at radius 3 is 2.18 bits per heavy atom. The summed E-state index contributed by atoms with van der Waals surface area (Å²) in [5, 5.41) is 0. The Balaban J connectivity index is 1.29. The van der Waals surface area contributed by atoms with Gasteiger partial charge in [-0.25, -0.2) is 13.2 Å². The average molecular weight is 539 g/mol. The maximum absolute atomic E-state index is 15.0. The third kappa shape index (κ3) is 8.03. The number of hydrogen-bond acceptors (Lipinski definition) is 2. The van der Waals surface area contributed by atoms with Gasteiger partial charge in [-0.3, -0.25) is 0 Å². The Labute approximate surface area is 231 Å². The number of ether oxygens (including phenoxy) is 2. The fourth-order valence-corrected chi connectivity index (χ4v) is 5.39. The Morgan fingerprint density at radius 2 is 1.46 bits per heavy atom. The van der Waals surface area contributed by atoms with Crippen molar-refractivity contribution in [1.29, 1.82) is 0 Å². The van der Waals surface area contributed by atoms with E-state index in [0.29, 0.717) is 35.0 Å². The number of rotatable bonds is 13. The molecule has 0 atom stereocenters. The van der Waals surface area contributed by atoms with Crippen LogP contribution in [-0.2, 0) is 6.61 Å². The number of benzene rings is 3. The van der Waals surface area contributed by atoms with E-state index in [2.05, 4.69) is 13.8 Å². The standard InChI is InChI=1S/C34H41F3O2/c1-3-4-5-6-7-8-21-38-32-20-11-25(22-31(32)35)23-39-28-16-14-27(15-17-28)30-19-18-29(33(36)34(30)37)26-12-9-24(2)10-13-26/h11,14-20,22,24,26H,3-10,12-13,21,23H2,1-2H3. The summed E-state index contributed by atoms with van der Waals surface area (Å²) < 4.78 is 55.9. The first-order valence-electron chi connectivity index (χ1n) is 14.6. The number of unbranched alkanes of at least 4 members (excludes halogenated alkanes) is 5. The van der Waals surface area contributed by atoms with E-state index in [4.69, 9.17) is 9.47 Å². The summed E-state index contributed by atoms with van der Waals surface area (Å²) in [6.07, 6.45) is 10.8. The molecule has 0 radical (unpaired) electrons. The molecule has 0 bridgehead atoms. The largest absolute Gasteiger partial charge is 0.491 e. The van der Waals surface area contributed by atoms with Crippen LogP contribution in [0.1, 0.15) is 95.1 Å². The highest BCUT2D eigenvalue weighted by Gasteiger charge is 2.25. The van der Waals surface area contributed by atoms with Crippen LogP contribution in [0.25, 0.3) is 11.1 Å². The van der Waals surface area contributed by atoms with Crippen LogP contribution in [0.15, 0.2) is 54.6 Å². The lowest BCUT2D eigenvalue weighted by Crippen LogP contribution is -2.13. The highest BCUT2D eigenvalue weighted by Crippen LogP contribution is 2.39. The first-order chi connectivity index (χ1) is 19.0. The molecule has 1 aliphatic rings. The summed E-state index contributed by atoms with van der Waals surface area (Å²) in [5.41, 5.74) is 2.00. The fourth-order valence-electron chi connectivity index (χ4n) is 5.39. The lowest BCUT2D eigenvalue weighted by atomic mass is 9.79. The molecule has 1 saturated carbocycles. The van der Waals surface area contributed by atoms with Gasteiger partial charge >= 0.3 is 0 Å². The normalized spacial score (nSPS) is 17.3. The van der Waals surface area contributed by atoms with Crippen molar-refractivity contribution < 1.29 is 22.6 Å². The highest BCUT2D eigenvalue weighted by molar-refractivity contribution is 5.65. The predicted molar refractivity (Wildman–Crippen MR) is 152 cm³/mol. The molecule has 0 aromatic heterocycles. The quantitative estimate of drug-likeness (QED) is 0.202. The molecule has 0 amide bonds. The van der Waals surface area contributed by atoms with Gasteiger partial charge in [-0.2, -0.15) is 0 Å². The van der Waals surface area contributed by atoms with Crippen LogP contribution in [0, 0.1) is 23.4 Å². The maximum atomic E-state index is 15.0. The molecular weight excluding hydrogens is 497 g/mol. The van der Waals surface area contributed by atoms with Crippen LogP contribution in [0.3, 0.4) is 0 Å². The van der Waals surface area contributed by atoms with Gasteiger partial charge in [0.1, 0.15) is 12.4 Å². The Kier molecular flexibility index (Phi) is 10.8. The molecule has 0 spiro atoms. The molecule has 0 N–H and O–H groups in total. The summed E-state index contributed by atoms with van der Waals surface area (Å²) in [5.74, 6) is -0.358. The molecule has 0 saturated heterocycles. The molecule has 4 rings (SSSR count). The van der Waals surface area contributed by atoms with Gasteiger partial charge in [0, 0.05) is 5.56 Å². The molecule has 0 aliphatic heterocycles. The number of hydrogen-bond donors (Lipinski definition) is 0. The van der Waals surface area contributed by atoms with E-state index in [1.54, 1.807) is 48.5 Å².